The molecular formula is C15H17N3O5. The molecule has 8 nitrogen and oxygen atoms in total. The Morgan fingerprint density at radius 3 is 2.74 bits per heavy atom. The van der Waals surface area contributed by atoms with Gasteiger partial charge in [-0.05, 0) is 25.1 Å². The van der Waals surface area contributed by atoms with Crippen LogP contribution in [0.15, 0.2) is 28.8 Å². The van der Waals surface area contributed by atoms with Crippen molar-refractivity contribution in [3.05, 3.63) is 47.1 Å². The third-order valence-corrected chi connectivity index (χ3v) is 3.28. The Hall–Kier alpha value is -2.74. The van der Waals surface area contributed by atoms with Gasteiger partial charge in [-0.1, -0.05) is 11.2 Å². The highest BCUT2D eigenvalue weighted by atomic mass is 16.5. The molecule has 2 rings (SSSR count). The molecule has 0 saturated carbocycles. The lowest BCUT2D eigenvalue weighted by molar-refractivity contribution is 0.0697. The topological polar surface area (TPSA) is 106 Å². The summed E-state index contributed by atoms with van der Waals surface area (Å²) in [5.74, 6) is -0.754. The number of rotatable bonds is 6. The minimum atomic E-state index is -1.09. The van der Waals surface area contributed by atoms with E-state index in [4.69, 9.17) is 14.4 Å². The van der Waals surface area contributed by atoms with Gasteiger partial charge in [0, 0.05) is 19.7 Å². The van der Waals surface area contributed by atoms with Crippen LogP contribution in [0, 0.1) is 0 Å². The largest absolute Gasteiger partial charge is 0.478 e. The van der Waals surface area contributed by atoms with E-state index in [1.807, 2.05) is 0 Å². The molecule has 1 N–H and O–H groups in total. The van der Waals surface area contributed by atoms with Crippen LogP contribution in [0.2, 0.25) is 0 Å². The summed E-state index contributed by atoms with van der Waals surface area (Å²) < 4.78 is 10.2. The molecule has 122 valence electrons. The Morgan fingerprint density at radius 1 is 1.39 bits per heavy atom. The first-order chi connectivity index (χ1) is 10.9. The highest BCUT2D eigenvalue weighted by Gasteiger charge is 2.18. The molecule has 0 aliphatic rings. The van der Waals surface area contributed by atoms with Crippen molar-refractivity contribution in [2.24, 2.45) is 0 Å². The van der Waals surface area contributed by atoms with Gasteiger partial charge >= 0.3 is 5.97 Å². The van der Waals surface area contributed by atoms with Gasteiger partial charge in [-0.15, -0.1) is 0 Å². The van der Waals surface area contributed by atoms with Crippen LogP contribution in [0.3, 0.4) is 0 Å². The molecule has 2 aromatic rings. The number of methoxy groups -OCH3 is 1. The number of ether oxygens (including phenoxy) is 1. The van der Waals surface area contributed by atoms with Crippen LogP contribution in [0.1, 0.15) is 45.5 Å². The van der Waals surface area contributed by atoms with Crippen molar-refractivity contribution < 1.29 is 24.0 Å². The minimum Gasteiger partial charge on any atom is -0.478 e. The van der Waals surface area contributed by atoms with Crippen LogP contribution >= 0.6 is 0 Å². The van der Waals surface area contributed by atoms with Crippen LogP contribution in [-0.4, -0.2) is 46.2 Å². The van der Waals surface area contributed by atoms with Gasteiger partial charge in [0.15, 0.2) is 5.82 Å². The van der Waals surface area contributed by atoms with Crippen LogP contribution in [0.4, 0.5) is 0 Å². The first-order valence-corrected chi connectivity index (χ1v) is 6.86. The van der Waals surface area contributed by atoms with Crippen molar-refractivity contribution in [3.63, 3.8) is 0 Å². The number of amides is 1. The van der Waals surface area contributed by atoms with Crippen LogP contribution in [0.25, 0.3) is 0 Å². The summed E-state index contributed by atoms with van der Waals surface area (Å²) in [6, 6.07) is 5.83. The average molecular weight is 319 g/mol. The third kappa shape index (κ3) is 3.92. The molecule has 8 heteroatoms. The standard InChI is InChI=1S/C15H17N3O5/c1-9(22-3)13-16-12(23-17-13)8-18(2)14(19)10-5-4-6-11(7-10)15(20)21/h4-7,9H,8H2,1-3H3,(H,20,21). The fourth-order valence-corrected chi connectivity index (χ4v) is 1.88. The number of hydrogen-bond donors (Lipinski definition) is 1. The van der Waals surface area contributed by atoms with Gasteiger partial charge in [0.25, 0.3) is 5.91 Å². The van der Waals surface area contributed by atoms with E-state index in [1.165, 1.54) is 30.2 Å². The SMILES string of the molecule is COC(C)c1noc(CN(C)C(=O)c2cccc(C(=O)O)c2)n1. The molecule has 23 heavy (non-hydrogen) atoms. The molecule has 1 heterocycles. The van der Waals surface area contributed by atoms with E-state index in [0.717, 1.165) is 0 Å². The number of hydrogen-bond acceptors (Lipinski definition) is 6. The smallest absolute Gasteiger partial charge is 0.335 e. The Kier molecular flexibility index (Phi) is 5.07. The molecular weight excluding hydrogens is 302 g/mol. The van der Waals surface area contributed by atoms with Gasteiger partial charge in [0.05, 0.1) is 12.1 Å². The van der Waals surface area contributed by atoms with Crippen molar-refractivity contribution in [1.29, 1.82) is 0 Å². The van der Waals surface area contributed by atoms with Crippen molar-refractivity contribution in [2.75, 3.05) is 14.2 Å². The quantitative estimate of drug-likeness (QED) is 0.864. The maximum absolute atomic E-state index is 12.3. The molecule has 0 saturated heterocycles. The van der Waals surface area contributed by atoms with Gasteiger partial charge in [0.2, 0.25) is 5.89 Å². The van der Waals surface area contributed by atoms with E-state index in [-0.39, 0.29) is 35.6 Å². The van der Waals surface area contributed by atoms with E-state index in [9.17, 15) is 9.59 Å². The Labute approximate surface area is 132 Å². The van der Waals surface area contributed by atoms with Crippen molar-refractivity contribution >= 4 is 11.9 Å². The zero-order valence-electron chi connectivity index (χ0n) is 13.0. The van der Waals surface area contributed by atoms with E-state index < -0.39 is 5.97 Å². The van der Waals surface area contributed by atoms with Crippen LogP contribution < -0.4 is 0 Å². The van der Waals surface area contributed by atoms with Gasteiger partial charge < -0.3 is 19.3 Å². The number of carbonyl (C=O) groups is 2. The first-order valence-electron chi connectivity index (χ1n) is 6.86. The summed E-state index contributed by atoms with van der Waals surface area (Å²) >= 11 is 0. The number of benzene rings is 1. The first kappa shape index (κ1) is 16.6. The molecule has 0 aliphatic heterocycles. The summed E-state index contributed by atoms with van der Waals surface area (Å²) in [5.41, 5.74) is 0.329. The zero-order valence-corrected chi connectivity index (χ0v) is 13.0. The van der Waals surface area contributed by atoms with Gasteiger partial charge in [-0.2, -0.15) is 4.98 Å². The van der Waals surface area contributed by atoms with Gasteiger partial charge in [0.1, 0.15) is 6.10 Å². The molecule has 1 unspecified atom stereocenters. The molecule has 0 spiro atoms. The molecule has 0 aliphatic carbocycles. The summed E-state index contributed by atoms with van der Waals surface area (Å²) in [7, 11) is 3.10. The molecule has 1 amide bonds. The average Bonchev–Trinajstić information content (AvgIpc) is 3.01. The predicted molar refractivity (Wildman–Crippen MR) is 78.9 cm³/mol. The summed E-state index contributed by atoms with van der Waals surface area (Å²) in [6.45, 7) is 1.89. The van der Waals surface area contributed by atoms with Crippen molar-refractivity contribution in [2.45, 2.75) is 19.6 Å². The van der Waals surface area contributed by atoms with Crippen LogP contribution in [-0.2, 0) is 11.3 Å². The minimum absolute atomic E-state index is 0.0539. The second-order valence-electron chi connectivity index (χ2n) is 4.97. The normalized spacial score (nSPS) is 12.0. The van der Waals surface area contributed by atoms with Crippen molar-refractivity contribution in [3.8, 4) is 0 Å². The fraction of sp³-hybridized carbons (Fsp3) is 0.333. The number of nitrogens with zero attached hydrogens (tertiary/aromatic N) is 3. The third-order valence-electron chi connectivity index (χ3n) is 3.28. The van der Waals surface area contributed by atoms with E-state index in [0.29, 0.717) is 5.82 Å². The highest BCUT2D eigenvalue weighted by molar-refractivity contribution is 5.97. The molecule has 1 aromatic heterocycles. The van der Waals surface area contributed by atoms with E-state index in [2.05, 4.69) is 10.1 Å². The summed E-state index contributed by atoms with van der Waals surface area (Å²) in [5, 5.41) is 12.8. The predicted octanol–water partition coefficient (Wildman–Crippen LogP) is 1.75. The number of carbonyl (C=O) groups excluding carboxylic acids is 1. The maximum Gasteiger partial charge on any atom is 0.335 e. The Morgan fingerprint density at radius 2 is 2.09 bits per heavy atom. The summed E-state index contributed by atoms with van der Waals surface area (Å²) in [4.78, 5) is 28.8. The number of carboxylic acid groups (broad SMARTS) is 1. The van der Waals surface area contributed by atoms with Crippen molar-refractivity contribution in [1.82, 2.24) is 15.0 Å². The number of aromatic nitrogens is 2. The Bertz CT molecular complexity index is 713. The second kappa shape index (κ2) is 7.01. The molecule has 1 atom stereocenters. The van der Waals surface area contributed by atoms with E-state index >= 15 is 0 Å². The molecule has 0 radical (unpaired) electrons. The zero-order chi connectivity index (χ0) is 17.0. The lowest BCUT2D eigenvalue weighted by Gasteiger charge is -2.15. The maximum atomic E-state index is 12.3. The molecule has 1 aromatic carbocycles. The van der Waals surface area contributed by atoms with E-state index in [1.54, 1.807) is 20.0 Å². The summed E-state index contributed by atoms with van der Waals surface area (Å²) in [6.07, 6.45) is -0.305. The van der Waals surface area contributed by atoms with Crippen LogP contribution in [0.5, 0.6) is 0 Å². The van der Waals surface area contributed by atoms with Gasteiger partial charge in [-0.25, -0.2) is 4.79 Å². The Balaban J connectivity index is 2.09. The fourth-order valence-electron chi connectivity index (χ4n) is 1.88. The van der Waals surface area contributed by atoms with Gasteiger partial charge in [-0.3, -0.25) is 4.79 Å². The molecule has 0 fully saturated rings. The monoisotopic (exact) mass is 319 g/mol. The highest BCUT2D eigenvalue weighted by Crippen LogP contribution is 2.14. The second-order valence-corrected chi connectivity index (χ2v) is 4.97. The number of carboxylic acids is 1. The lowest BCUT2D eigenvalue weighted by Crippen LogP contribution is -2.26. The number of aromatic carboxylic acids is 1. The molecule has 0 bridgehead atoms. The lowest BCUT2D eigenvalue weighted by atomic mass is 10.1.